The molecule has 1 aromatic heterocycles. The fraction of sp³-hybridized carbons (Fsp3) is 0.312. The molecule has 1 aromatic carbocycles. The van der Waals surface area contributed by atoms with E-state index in [1.165, 1.54) is 17.5 Å². The molecular formula is C16H19BrIN3S. The number of thiophene rings is 1. The van der Waals surface area contributed by atoms with Crippen molar-refractivity contribution < 1.29 is 0 Å². The molecular weight excluding hydrogens is 473 g/mol. The van der Waals surface area contributed by atoms with Crippen LogP contribution in [0, 0.1) is 0 Å². The molecule has 22 heavy (non-hydrogen) atoms. The van der Waals surface area contributed by atoms with Crippen LogP contribution in [0.5, 0.6) is 0 Å². The number of nitrogens with zero attached hydrogens (tertiary/aromatic N) is 1. The van der Waals surface area contributed by atoms with E-state index in [9.17, 15) is 0 Å². The second-order valence-electron chi connectivity index (χ2n) is 5.20. The average molecular weight is 492 g/mol. The summed E-state index contributed by atoms with van der Waals surface area (Å²) in [5.74, 6) is 1.48. The minimum atomic E-state index is 0. The van der Waals surface area contributed by atoms with Gasteiger partial charge in [0.05, 0.1) is 0 Å². The summed E-state index contributed by atoms with van der Waals surface area (Å²) < 4.78 is 1.13. The van der Waals surface area contributed by atoms with Gasteiger partial charge >= 0.3 is 0 Å². The van der Waals surface area contributed by atoms with Crippen LogP contribution in [0.15, 0.2) is 50.6 Å². The van der Waals surface area contributed by atoms with Crippen molar-refractivity contribution in [1.29, 1.82) is 0 Å². The van der Waals surface area contributed by atoms with E-state index in [1.807, 2.05) is 7.05 Å². The third-order valence-electron chi connectivity index (χ3n) is 3.67. The zero-order valence-corrected chi connectivity index (χ0v) is 17.0. The highest BCUT2D eigenvalue weighted by molar-refractivity contribution is 14.0. The summed E-state index contributed by atoms with van der Waals surface area (Å²) >= 11 is 5.20. The zero-order chi connectivity index (χ0) is 14.7. The molecule has 3 rings (SSSR count). The molecule has 0 aliphatic heterocycles. The second kappa shape index (κ2) is 8.31. The molecule has 2 atom stereocenters. The SMILES string of the molecule is CN=C(NCc1ccsc1)NC1CC1c1ccc(Br)cc1.I. The molecule has 0 radical (unpaired) electrons. The van der Waals surface area contributed by atoms with Crippen LogP contribution in [0.25, 0.3) is 0 Å². The van der Waals surface area contributed by atoms with Crippen molar-refractivity contribution in [2.24, 2.45) is 4.99 Å². The molecule has 2 aromatic rings. The maximum atomic E-state index is 4.30. The highest BCUT2D eigenvalue weighted by atomic mass is 127. The first kappa shape index (κ1) is 17.7. The first-order chi connectivity index (χ1) is 10.3. The van der Waals surface area contributed by atoms with E-state index in [1.54, 1.807) is 11.3 Å². The number of benzene rings is 1. The third-order valence-corrected chi connectivity index (χ3v) is 4.94. The second-order valence-corrected chi connectivity index (χ2v) is 6.90. The van der Waals surface area contributed by atoms with Crippen LogP contribution in [0.2, 0.25) is 0 Å². The molecule has 1 aliphatic carbocycles. The molecule has 1 heterocycles. The Labute approximate surface area is 160 Å². The summed E-state index contributed by atoms with van der Waals surface area (Å²) in [7, 11) is 1.82. The van der Waals surface area contributed by atoms with Crippen LogP contribution < -0.4 is 10.6 Å². The zero-order valence-electron chi connectivity index (χ0n) is 12.3. The lowest BCUT2D eigenvalue weighted by atomic mass is 10.1. The third kappa shape index (κ3) is 4.70. The van der Waals surface area contributed by atoms with Gasteiger partial charge in [0.1, 0.15) is 0 Å². The Bertz CT molecular complexity index is 613. The van der Waals surface area contributed by atoms with E-state index >= 15 is 0 Å². The fourth-order valence-corrected chi connectivity index (χ4v) is 3.32. The number of halogens is 2. The molecule has 118 valence electrons. The quantitative estimate of drug-likeness (QED) is 0.379. The highest BCUT2D eigenvalue weighted by Crippen LogP contribution is 2.40. The topological polar surface area (TPSA) is 36.4 Å². The van der Waals surface area contributed by atoms with Gasteiger partial charge in [-0.05, 0) is 46.5 Å². The normalized spacial score (nSPS) is 20.2. The smallest absolute Gasteiger partial charge is 0.191 e. The number of hydrogen-bond donors (Lipinski definition) is 2. The van der Waals surface area contributed by atoms with E-state index in [0.29, 0.717) is 12.0 Å². The maximum Gasteiger partial charge on any atom is 0.191 e. The number of aliphatic imine (C=N–C) groups is 1. The molecule has 6 heteroatoms. The molecule has 1 aliphatic rings. The molecule has 2 unspecified atom stereocenters. The number of nitrogens with one attached hydrogen (secondary N) is 2. The fourth-order valence-electron chi connectivity index (χ4n) is 2.38. The lowest BCUT2D eigenvalue weighted by molar-refractivity contribution is 0.791. The molecule has 0 bridgehead atoms. The predicted molar refractivity (Wildman–Crippen MR) is 108 cm³/mol. The largest absolute Gasteiger partial charge is 0.353 e. The van der Waals surface area contributed by atoms with Gasteiger partial charge in [0.2, 0.25) is 0 Å². The molecule has 0 amide bonds. The van der Waals surface area contributed by atoms with E-state index < -0.39 is 0 Å². The first-order valence-corrected chi connectivity index (χ1v) is 8.73. The average Bonchev–Trinajstić information content (AvgIpc) is 3.06. The van der Waals surface area contributed by atoms with E-state index in [4.69, 9.17) is 0 Å². The van der Waals surface area contributed by atoms with Crippen LogP contribution in [0.1, 0.15) is 23.5 Å². The Balaban J connectivity index is 0.00000176. The summed E-state index contributed by atoms with van der Waals surface area (Å²) in [5.41, 5.74) is 2.69. The van der Waals surface area contributed by atoms with Crippen LogP contribution in [-0.4, -0.2) is 19.0 Å². The number of rotatable bonds is 4. The summed E-state index contributed by atoms with van der Waals surface area (Å²) in [6.07, 6.45) is 1.17. The number of guanidine groups is 1. The monoisotopic (exact) mass is 491 g/mol. The van der Waals surface area contributed by atoms with Crippen molar-refractivity contribution in [2.45, 2.75) is 24.9 Å². The van der Waals surface area contributed by atoms with Crippen LogP contribution in [0.3, 0.4) is 0 Å². The van der Waals surface area contributed by atoms with Gasteiger partial charge in [-0.1, -0.05) is 28.1 Å². The lowest BCUT2D eigenvalue weighted by Crippen LogP contribution is -2.38. The Morgan fingerprint density at radius 1 is 1.32 bits per heavy atom. The first-order valence-electron chi connectivity index (χ1n) is 7.00. The molecule has 1 fully saturated rings. The van der Waals surface area contributed by atoms with Crippen LogP contribution in [0.4, 0.5) is 0 Å². The van der Waals surface area contributed by atoms with Gasteiger partial charge < -0.3 is 10.6 Å². The van der Waals surface area contributed by atoms with Gasteiger partial charge in [-0.15, -0.1) is 24.0 Å². The van der Waals surface area contributed by atoms with Gasteiger partial charge in [0, 0.05) is 30.0 Å². The lowest BCUT2D eigenvalue weighted by Gasteiger charge is -2.11. The van der Waals surface area contributed by atoms with Gasteiger partial charge in [-0.2, -0.15) is 11.3 Å². The Kier molecular flexibility index (Phi) is 6.70. The minimum Gasteiger partial charge on any atom is -0.353 e. The van der Waals surface area contributed by atoms with Gasteiger partial charge in [-0.3, -0.25) is 4.99 Å². The van der Waals surface area contributed by atoms with E-state index in [-0.39, 0.29) is 24.0 Å². The highest BCUT2D eigenvalue weighted by Gasteiger charge is 2.38. The Morgan fingerprint density at radius 2 is 2.09 bits per heavy atom. The van der Waals surface area contributed by atoms with Gasteiger partial charge in [0.15, 0.2) is 5.96 Å². The predicted octanol–water partition coefficient (Wildman–Crippen LogP) is 4.35. The molecule has 2 N–H and O–H groups in total. The standard InChI is InChI=1S/C16H18BrN3S.HI/c1-18-16(19-9-11-6-7-21-10-11)20-15-8-14(15)12-2-4-13(17)5-3-12;/h2-7,10,14-15H,8-9H2,1H3,(H2,18,19,20);1H. The molecule has 0 spiro atoms. The summed E-state index contributed by atoms with van der Waals surface area (Å²) in [6, 6.07) is 11.2. The summed E-state index contributed by atoms with van der Waals surface area (Å²) in [4.78, 5) is 4.30. The Morgan fingerprint density at radius 3 is 2.73 bits per heavy atom. The molecule has 0 saturated heterocycles. The van der Waals surface area contributed by atoms with Crippen molar-refractivity contribution >= 4 is 57.2 Å². The van der Waals surface area contributed by atoms with Crippen molar-refractivity contribution in [2.75, 3.05) is 7.05 Å². The van der Waals surface area contributed by atoms with E-state index in [0.717, 1.165) is 17.0 Å². The van der Waals surface area contributed by atoms with Crippen molar-refractivity contribution in [1.82, 2.24) is 10.6 Å². The van der Waals surface area contributed by atoms with E-state index in [2.05, 4.69) is 72.6 Å². The van der Waals surface area contributed by atoms with Crippen LogP contribution in [-0.2, 0) is 6.54 Å². The van der Waals surface area contributed by atoms with Crippen LogP contribution >= 0.6 is 51.2 Å². The molecule has 1 saturated carbocycles. The minimum absolute atomic E-state index is 0. The van der Waals surface area contributed by atoms with Crippen molar-refractivity contribution in [3.05, 3.63) is 56.7 Å². The maximum absolute atomic E-state index is 4.30. The van der Waals surface area contributed by atoms with Crippen molar-refractivity contribution in [3.8, 4) is 0 Å². The molecule has 3 nitrogen and oxygen atoms in total. The van der Waals surface area contributed by atoms with Crippen molar-refractivity contribution in [3.63, 3.8) is 0 Å². The van der Waals surface area contributed by atoms with Gasteiger partial charge in [0.25, 0.3) is 0 Å². The Hall–Kier alpha value is -0.600. The summed E-state index contributed by atoms with van der Waals surface area (Å²) in [5, 5.41) is 11.1. The summed E-state index contributed by atoms with van der Waals surface area (Å²) in [6.45, 7) is 0.818. The van der Waals surface area contributed by atoms with Gasteiger partial charge in [-0.25, -0.2) is 0 Å². The number of hydrogen-bond acceptors (Lipinski definition) is 2.